The smallest absolute Gasteiger partial charge is 0.191 e. The van der Waals surface area contributed by atoms with Crippen LogP contribution in [0.4, 0.5) is 5.82 Å². The molecule has 2 heterocycles. The quantitative estimate of drug-likeness (QED) is 0.482. The first kappa shape index (κ1) is 16.6. The van der Waals surface area contributed by atoms with Gasteiger partial charge in [-0.3, -0.25) is 4.99 Å². The molecule has 0 bridgehead atoms. The number of aromatic nitrogens is 1. The van der Waals surface area contributed by atoms with E-state index >= 15 is 0 Å². The Morgan fingerprint density at radius 1 is 1.27 bits per heavy atom. The van der Waals surface area contributed by atoms with Crippen molar-refractivity contribution in [3.8, 4) is 0 Å². The normalized spacial score (nSPS) is 15.7. The van der Waals surface area contributed by atoms with Gasteiger partial charge in [-0.25, -0.2) is 4.98 Å². The lowest BCUT2D eigenvalue weighted by Gasteiger charge is -2.28. The van der Waals surface area contributed by atoms with Crippen LogP contribution in [0.25, 0.3) is 0 Å². The largest absolute Gasteiger partial charge is 0.357 e. The van der Waals surface area contributed by atoms with Crippen molar-refractivity contribution in [1.82, 2.24) is 15.6 Å². The summed E-state index contributed by atoms with van der Waals surface area (Å²) in [7, 11) is 1.81. The average Bonchev–Trinajstić information content (AvgIpc) is 2.59. The van der Waals surface area contributed by atoms with Gasteiger partial charge in [-0.15, -0.1) is 0 Å². The molecule has 1 aliphatic rings. The van der Waals surface area contributed by atoms with E-state index in [0.29, 0.717) is 0 Å². The number of piperidine rings is 1. The minimum Gasteiger partial charge on any atom is -0.357 e. The van der Waals surface area contributed by atoms with E-state index in [2.05, 4.69) is 44.6 Å². The summed E-state index contributed by atoms with van der Waals surface area (Å²) in [5.74, 6) is 1.97. The minimum absolute atomic E-state index is 0.773. The molecule has 0 aliphatic carbocycles. The SMILES string of the molecule is CCCCNC(=NC)NCc1ccnc(N2CCCCC2)c1. The predicted octanol–water partition coefficient (Wildman–Crippen LogP) is 2.54. The molecule has 1 aliphatic heterocycles. The Labute approximate surface area is 134 Å². The fraction of sp³-hybridized carbons (Fsp3) is 0.647. The number of guanidine groups is 1. The van der Waals surface area contributed by atoms with Crippen LogP contribution in [0.3, 0.4) is 0 Å². The van der Waals surface area contributed by atoms with E-state index < -0.39 is 0 Å². The number of nitrogens with zero attached hydrogens (tertiary/aromatic N) is 3. The second-order valence-corrected chi connectivity index (χ2v) is 5.78. The summed E-state index contributed by atoms with van der Waals surface area (Å²) in [6, 6.07) is 4.26. The molecule has 1 saturated heterocycles. The summed E-state index contributed by atoms with van der Waals surface area (Å²) >= 11 is 0. The standard InChI is InChI=1S/C17H29N5/c1-3-4-9-20-17(18-2)21-14-15-8-10-19-16(13-15)22-11-6-5-7-12-22/h8,10,13H,3-7,9,11-12,14H2,1-2H3,(H2,18,20,21). The van der Waals surface area contributed by atoms with E-state index in [1.165, 1.54) is 31.2 Å². The van der Waals surface area contributed by atoms with Crippen LogP contribution >= 0.6 is 0 Å². The van der Waals surface area contributed by atoms with Gasteiger partial charge in [0, 0.05) is 39.4 Å². The molecule has 0 unspecified atom stereocenters. The van der Waals surface area contributed by atoms with E-state index in [1.807, 2.05) is 13.2 Å². The van der Waals surface area contributed by atoms with Crippen molar-refractivity contribution in [2.75, 3.05) is 31.6 Å². The zero-order valence-corrected chi connectivity index (χ0v) is 13.9. The Hall–Kier alpha value is -1.78. The number of unbranched alkanes of at least 4 members (excludes halogenated alkanes) is 1. The van der Waals surface area contributed by atoms with E-state index in [9.17, 15) is 0 Å². The molecular weight excluding hydrogens is 274 g/mol. The molecule has 122 valence electrons. The van der Waals surface area contributed by atoms with Crippen LogP contribution in [0.2, 0.25) is 0 Å². The molecule has 0 aromatic carbocycles. The van der Waals surface area contributed by atoms with Gasteiger partial charge >= 0.3 is 0 Å². The first-order valence-electron chi connectivity index (χ1n) is 8.48. The summed E-state index contributed by atoms with van der Waals surface area (Å²) < 4.78 is 0. The van der Waals surface area contributed by atoms with Gasteiger partial charge in [-0.2, -0.15) is 0 Å². The number of aliphatic imine (C=N–C) groups is 1. The maximum atomic E-state index is 4.52. The molecule has 22 heavy (non-hydrogen) atoms. The molecule has 0 spiro atoms. The predicted molar refractivity (Wildman–Crippen MR) is 93.4 cm³/mol. The van der Waals surface area contributed by atoms with E-state index in [0.717, 1.165) is 44.4 Å². The van der Waals surface area contributed by atoms with Crippen molar-refractivity contribution in [3.05, 3.63) is 23.9 Å². The number of hydrogen-bond acceptors (Lipinski definition) is 3. The number of pyridine rings is 1. The summed E-state index contributed by atoms with van der Waals surface area (Å²) in [5, 5.41) is 6.70. The van der Waals surface area contributed by atoms with Gasteiger partial charge in [-0.1, -0.05) is 13.3 Å². The van der Waals surface area contributed by atoms with Gasteiger partial charge in [0.25, 0.3) is 0 Å². The van der Waals surface area contributed by atoms with Gasteiger partial charge in [0.1, 0.15) is 5.82 Å². The van der Waals surface area contributed by atoms with Crippen LogP contribution in [0.5, 0.6) is 0 Å². The first-order chi connectivity index (χ1) is 10.8. The van der Waals surface area contributed by atoms with Gasteiger partial charge in [0.05, 0.1) is 0 Å². The van der Waals surface area contributed by atoms with Crippen molar-refractivity contribution in [3.63, 3.8) is 0 Å². The molecular formula is C17H29N5. The highest BCUT2D eigenvalue weighted by Crippen LogP contribution is 2.18. The molecule has 1 fully saturated rings. The van der Waals surface area contributed by atoms with Crippen LogP contribution in [0.15, 0.2) is 23.3 Å². The first-order valence-corrected chi connectivity index (χ1v) is 8.48. The van der Waals surface area contributed by atoms with Gasteiger partial charge < -0.3 is 15.5 Å². The maximum absolute atomic E-state index is 4.52. The third-order valence-corrected chi connectivity index (χ3v) is 4.00. The zero-order chi connectivity index (χ0) is 15.6. The third-order valence-electron chi connectivity index (χ3n) is 4.00. The van der Waals surface area contributed by atoms with Crippen molar-refractivity contribution in [1.29, 1.82) is 0 Å². The lowest BCUT2D eigenvalue weighted by Crippen LogP contribution is -2.37. The third kappa shape index (κ3) is 5.20. The summed E-state index contributed by atoms with van der Waals surface area (Å²) in [4.78, 5) is 11.2. The fourth-order valence-electron chi connectivity index (χ4n) is 2.66. The highest BCUT2D eigenvalue weighted by molar-refractivity contribution is 5.79. The van der Waals surface area contributed by atoms with Gasteiger partial charge in [-0.05, 0) is 43.4 Å². The van der Waals surface area contributed by atoms with Crippen molar-refractivity contribution < 1.29 is 0 Å². The van der Waals surface area contributed by atoms with Crippen molar-refractivity contribution in [2.45, 2.75) is 45.6 Å². The number of rotatable bonds is 6. The Morgan fingerprint density at radius 2 is 2.09 bits per heavy atom. The van der Waals surface area contributed by atoms with Crippen LogP contribution in [0, 0.1) is 0 Å². The number of anilines is 1. The Bertz CT molecular complexity index is 466. The van der Waals surface area contributed by atoms with Gasteiger partial charge in [0.15, 0.2) is 5.96 Å². The molecule has 1 aromatic rings. The molecule has 0 atom stereocenters. The second-order valence-electron chi connectivity index (χ2n) is 5.78. The van der Waals surface area contributed by atoms with E-state index in [-0.39, 0.29) is 0 Å². The second kappa shape index (κ2) is 9.28. The summed E-state index contributed by atoms with van der Waals surface area (Å²) in [5.41, 5.74) is 1.24. The van der Waals surface area contributed by atoms with Gasteiger partial charge in [0.2, 0.25) is 0 Å². The molecule has 2 N–H and O–H groups in total. The zero-order valence-electron chi connectivity index (χ0n) is 13.9. The molecule has 0 amide bonds. The molecule has 0 radical (unpaired) electrons. The molecule has 1 aromatic heterocycles. The average molecular weight is 303 g/mol. The van der Waals surface area contributed by atoms with E-state index in [1.54, 1.807) is 0 Å². The fourth-order valence-corrected chi connectivity index (χ4v) is 2.66. The number of hydrogen-bond donors (Lipinski definition) is 2. The molecule has 5 heteroatoms. The monoisotopic (exact) mass is 303 g/mol. The van der Waals surface area contributed by atoms with Crippen LogP contribution in [0.1, 0.15) is 44.6 Å². The maximum Gasteiger partial charge on any atom is 0.191 e. The summed E-state index contributed by atoms with van der Waals surface area (Å²) in [6.45, 7) is 6.19. The highest BCUT2D eigenvalue weighted by Gasteiger charge is 2.12. The topological polar surface area (TPSA) is 52.6 Å². The lowest BCUT2D eigenvalue weighted by atomic mass is 10.1. The van der Waals surface area contributed by atoms with E-state index in [4.69, 9.17) is 0 Å². The number of nitrogens with one attached hydrogen (secondary N) is 2. The Morgan fingerprint density at radius 3 is 2.82 bits per heavy atom. The molecule has 0 saturated carbocycles. The highest BCUT2D eigenvalue weighted by atomic mass is 15.2. The Balaban J connectivity index is 1.86. The van der Waals surface area contributed by atoms with Crippen molar-refractivity contribution in [2.24, 2.45) is 4.99 Å². The molecule has 5 nitrogen and oxygen atoms in total. The van der Waals surface area contributed by atoms with Crippen LogP contribution in [-0.2, 0) is 6.54 Å². The van der Waals surface area contributed by atoms with Crippen LogP contribution < -0.4 is 15.5 Å². The van der Waals surface area contributed by atoms with Crippen LogP contribution in [-0.4, -0.2) is 37.6 Å². The Kier molecular flexibility index (Phi) is 7.00. The molecule has 2 rings (SSSR count). The lowest BCUT2D eigenvalue weighted by molar-refractivity contribution is 0.573. The summed E-state index contributed by atoms with van der Waals surface area (Å²) in [6.07, 6.45) is 8.16. The van der Waals surface area contributed by atoms with Crippen molar-refractivity contribution >= 4 is 11.8 Å². The minimum atomic E-state index is 0.773.